The Hall–Kier alpha value is -7.07. The topological polar surface area (TPSA) is 40.5 Å². The average molecular weight is 989 g/mol. The van der Waals surface area contributed by atoms with E-state index in [4.69, 9.17) is 0 Å². The van der Waals surface area contributed by atoms with Gasteiger partial charge in [-0.15, -0.1) is 36.4 Å². The smallest absolute Gasteiger partial charge is 0.131 e. The summed E-state index contributed by atoms with van der Waals surface area (Å²) in [6.45, 7) is 17.5. The van der Waals surface area contributed by atoms with Gasteiger partial charge >= 0.3 is 0 Å². The third kappa shape index (κ3) is 15.7. The molecule has 0 amide bonds. The molecule has 0 fully saturated rings. The van der Waals surface area contributed by atoms with Crippen LogP contribution in [0, 0.1) is 41.5 Å². The number of hydrogen-bond acceptors (Lipinski definition) is 2. The Bertz CT molecular complexity index is 2240. The van der Waals surface area contributed by atoms with E-state index in [0.29, 0.717) is 11.5 Å². The first kappa shape index (κ1) is 48.6. The molecule has 3 heteroatoms. The van der Waals surface area contributed by atoms with Crippen molar-refractivity contribution in [1.29, 1.82) is 0 Å². The molecule has 9 rings (SSSR count). The molecule has 1 radical (unpaired) electrons. The van der Waals surface area contributed by atoms with Gasteiger partial charge in [0, 0.05) is 44.6 Å². The number of benzene rings is 9. The van der Waals surface area contributed by atoms with Crippen molar-refractivity contribution in [3.05, 3.63) is 285 Å². The summed E-state index contributed by atoms with van der Waals surface area (Å²) in [4.78, 5) is 0. The molecule has 0 unspecified atom stereocenters. The van der Waals surface area contributed by atoms with Gasteiger partial charge in [0.05, 0.1) is 0 Å². The molecule has 9 aromatic carbocycles. The van der Waals surface area contributed by atoms with Crippen LogP contribution in [0.3, 0.4) is 0 Å². The van der Waals surface area contributed by atoms with Crippen LogP contribution in [-0.2, 0) is 22.4 Å². The van der Waals surface area contributed by atoms with Gasteiger partial charge in [-0.05, 0) is 43.0 Å². The first-order valence-electron chi connectivity index (χ1n) is 20.6. The third-order valence-corrected chi connectivity index (χ3v) is 9.77. The van der Waals surface area contributed by atoms with Crippen LogP contribution in [0.25, 0.3) is 44.5 Å². The van der Waals surface area contributed by atoms with Crippen LogP contribution in [0.15, 0.2) is 231 Å². The standard InChI is InChI=1S/2C18H14O.3C8H9.Ta/c2*19-18-16(14-8-3-1-4-9-14)12-7-13-17(18)15-10-5-2-6-11-15;3*1-7-3-5-8(2)6-4-7;/h2*1-13,19H;3*3-6H,1H2,2H3;/q;;3*-1;. The largest absolute Gasteiger partial charge is 0.507 e. The summed E-state index contributed by atoms with van der Waals surface area (Å²) in [5, 5.41) is 21.0. The van der Waals surface area contributed by atoms with Crippen LogP contribution in [0.2, 0.25) is 0 Å². The molecule has 315 valence electrons. The van der Waals surface area contributed by atoms with Crippen LogP contribution >= 0.6 is 0 Å². The van der Waals surface area contributed by atoms with Crippen LogP contribution < -0.4 is 0 Å². The van der Waals surface area contributed by atoms with Gasteiger partial charge in [0.1, 0.15) is 11.5 Å². The van der Waals surface area contributed by atoms with Crippen LogP contribution in [0.1, 0.15) is 33.4 Å². The maximum atomic E-state index is 10.5. The summed E-state index contributed by atoms with van der Waals surface area (Å²) in [6.07, 6.45) is 0. The molecule has 0 heterocycles. The van der Waals surface area contributed by atoms with Crippen molar-refractivity contribution in [2.45, 2.75) is 20.8 Å². The minimum absolute atomic E-state index is 0. The summed E-state index contributed by atoms with van der Waals surface area (Å²) >= 11 is 0. The molecule has 2 N–H and O–H groups in total. The zero-order valence-electron chi connectivity index (χ0n) is 36.4. The molecule has 0 spiro atoms. The van der Waals surface area contributed by atoms with Gasteiger partial charge in [0.15, 0.2) is 0 Å². The molecule has 0 aromatic heterocycles. The summed E-state index contributed by atoms with van der Waals surface area (Å²) < 4.78 is 0. The number of hydrogen-bond donors (Lipinski definition) is 2. The zero-order valence-corrected chi connectivity index (χ0v) is 39.6. The molecule has 0 aliphatic heterocycles. The molecule has 0 saturated carbocycles. The summed E-state index contributed by atoms with van der Waals surface area (Å²) in [5.41, 5.74) is 14.7. The molecule has 0 aliphatic carbocycles. The van der Waals surface area contributed by atoms with Gasteiger partial charge in [0.25, 0.3) is 0 Å². The van der Waals surface area contributed by atoms with E-state index in [2.05, 4.69) is 77.9 Å². The second-order valence-corrected chi connectivity index (χ2v) is 14.8. The van der Waals surface area contributed by atoms with E-state index in [1.807, 2.05) is 194 Å². The molecule has 0 saturated heterocycles. The average Bonchev–Trinajstić information content (AvgIpc) is 3.31. The van der Waals surface area contributed by atoms with Gasteiger partial charge in [0.2, 0.25) is 0 Å². The van der Waals surface area contributed by atoms with Gasteiger partial charge < -0.3 is 10.2 Å². The normalized spacial score (nSPS) is 9.70. The van der Waals surface area contributed by atoms with Crippen molar-refractivity contribution >= 4 is 0 Å². The Kier molecular flexibility index (Phi) is 19.8. The first-order valence-corrected chi connectivity index (χ1v) is 20.6. The van der Waals surface area contributed by atoms with E-state index >= 15 is 0 Å². The van der Waals surface area contributed by atoms with Crippen LogP contribution in [-0.4, -0.2) is 10.2 Å². The van der Waals surface area contributed by atoms with Gasteiger partial charge in [-0.2, -0.15) is 73.9 Å². The van der Waals surface area contributed by atoms with E-state index in [1.54, 1.807) is 0 Å². The molecule has 2 nitrogen and oxygen atoms in total. The molecule has 0 atom stereocenters. The Morgan fingerprint density at radius 3 is 0.619 bits per heavy atom. The van der Waals surface area contributed by atoms with E-state index in [1.165, 1.54) is 16.7 Å². The zero-order chi connectivity index (χ0) is 44.1. The number of phenolic OH excluding ortho intramolecular Hbond substituents is 2. The van der Waals surface area contributed by atoms with E-state index in [-0.39, 0.29) is 22.4 Å². The number of para-hydroxylation sites is 2. The first-order chi connectivity index (χ1) is 30.1. The van der Waals surface area contributed by atoms with E-state index in [0.717, 1.165) is 61.2 Å². The maximum Gasteiger partial charge on any atom is 0.131 e. The summed E-state index contributed by atoms with van der Waals surface area (Å²) in [5.74, 6) is 0.666. The SMILES string of the molecule is Oc1c(-c2ccccc2)cccc1-c1ccccc1.Oc1c(-c2ccccc2)cccc1-c1ccccc1.[CH2-]c1ccc(C)cc1.[CH2-]c1ccc(C)cc1.[CH2-]c1ccc(C)cc1.[Ta]. The fourth-order valence-electron chi connectivity index (χ4n) is 6.25. The third-order valence-electron chi connectivity index (χ3n) is 9.77. The number of aryl methyl sites for hydroxylation is 3. The van der Waals surface area contributed by atoms with Crippen molar-refractivity contribution in [1.82, 2.24) is 0 Å². The minimum Gasteiger partial charge on any atom is -0.507 e. The Morgan fingerprint density at radius 2 is 0.444 bits per heavy atom. The predicted octanol–water partition coefficient (Wildman–Crippen LogP) is 16.0. The van der Waals surface area contributed by atoms with Crippen molar-refractivity contribution in [2.75, 3.05) is 0 Å². The second-order valence-electron chi connectivity index (χ2n) is 14.8. The van der Waals surface area contributed by atoms with Gasteiger partial charge in [-0.1, -0.05) is 174 Å². The predicted molar refractivity (Wildman–Crippen MR) is 265 cm³/mol. The second kappa shape index (κ2) is 25.6. The van der Waals surface area contributed by atoms with Gasteiger partial charge in [-0.25, -0.2) is 0 Å². The molecule has 9 aromatic rings. The minimum atomic E-state index is 0. The number of phenols is 2. The molecular formula is C60H55O2Ta-3. The Balaban J connectivity index is 0.000000184. The fraction of sp³-hybridized carbons (Fsp3) is 0.0500. The van der Waals surface area contributed by atoms with E-state index in [9.17, 15) is 10.2 Å². The summed E-state index contributed by atoms with van der Waals surface area (Å²) in [7, 11) is 0. The fourth-order valence-corrected chi connectivity index (χ4v) is 6.25. The molecule has 63 heavy (non-hydrogen) atoms. The Morgan fingerprint density at radius 1 is 0.254 bits per heavy atom. The molecular weight excluding hydrogens is 934 g/mol. The van der Waals surface area contributed by atoms with Crippen molar-refractivity contribution in [3.8, 4) is 56.0 Å². The van der Waals surface area contributed by atoms with Crippen LogP contribution in [0.5, 0.6) is 11.5 Å². The van der Waals surface area contributed by atoms with E-state index < -0.39 is 0 Å². The quantitative estimate of drug-likeness (QED) is 0.173. The number of aromatic hydroxyl groups is 2. The monoisotopic (exact) mass is 988 g/mol. The van der Waals surface area contributed by atoms with Crippen molar-refractivity contribution in [2.24, 2.45) is 0 Å². The van der Waals surface area contributed by atoms with Crippen molar-refractivity contribution in [3.63, 3.8) is 0 Å². The summed E-state index contributed by atoms with van der Waals surface area (Å²) in [6, 6.07) is 75.9. The van der Waals surface area contributed by atoms with Gasteiger partial charge in [-0.3, -0.25) is 0 Å². The van der Waals surface area contributed by atoms with Crippen molar-refractivity contribution < 1.29 is 32.6 Å². The molecule has 0 aliphatic rings. The maximum absolute atomic E-state index is 10.5. The Labute approximate surface area is 391 Å². The number of rotatable bonds is 4. The molecule has 0 bridgehead atoms. The van der Waals surface area contributed by atoms with Crippen LogP contribution in [0.4, 0.5) is 0 Å².